The number of alkyl carbamates (subject to hydrolysis) is 1. The van der Waals surface area contributed by atoms with E-state index in [0.29, 0.717) is 6.42 Å². The molecule has 0 aromatic heterocycles. The maximum Gasteiger partial charge on any atom is 0.407 e. The second-order valence-corrected chi connectivity index (χ2v) is 8.62. The van der Waals surface area contributed by atoms with E-state index in [1.807, 2.05) is 48.5 Å². The van der Waals surface area contributed by atoms with Gasteiger partial charge in [-0.25, -0.2) is 9.59 Å². The number of aliphatic carboxylic acids is 1. The normalized spacial score (nSPS) is 19.7. The molecule has 0 radical (unpaired) electrons. The molecule has 1 fully saturated rings. The lowest BCUT2D eigenvalue weighted by Crippen LogP contribution is -2.52. The molecule has 2 amide bonds. The predicted octanol–water partition coefficient (Wildman–Crippen LogP) is 2.91. The lowest BCUT2D eigenvalue weighted by atomic mass is 9.98. The zero-order valence-electron chi connectivity index (χ0n) is 18.7. The van der Waals surface area contributed by atoms with Gasteiger partial charge < -0.3 is 25.2 Å². The third-order valence-electron chi connectivity index (χ3n) is 6.44. The number of fused-ring (bicyclic) bond motifs is 3. The average Bonchev–Trinajstić information content (AvgIpc) is 3.38. The summed E-state index contributed by atoms with van der Waals surface area (Å²) < 4.78 is 5.55. The fraction of sp³-hybridized carbons (Fsp3) is 0.346. The summed E-state index contributed by atoms with van der Waals surface area (Å²) in [7, 11) is 0. The first-order valence-corrected chi connectivity index (χ1v) is 11.3. The van der Waals surface area contributed by atoms with Gasteiger partial charge in [0.1, 0.15) is 18.7 Å². The topological polar surface area (TPSA) is 116 Å². The molecule has 1 saturated heterocycles. The van der Waals surface area contributed by atoms with Crippen molar-refractivity contribution in [1.29, 1.82) is 0 Å². The van der Waals surface area contributed by atoms with Crippen LogP contribution in [0.25, 0.3) is 11.1 Å². The number of benzene rings is 2. The number of hydrogen-bond donors (Lipinski definition) is 3. The molecule has 34 heavy (non-hydrogen) atoms. The van der Waals surface area contributed by atoms with Crippen LogP contribution in [0.1, 0.15) is 36.3 Å². The SMILES string of the molecule is C=CCCC(NC(=O)OCC1c2ccccc2-c2ccccc21)C(=O)N1C[C@H](O)C[C@@H]1C(=O)O. The van der Waals surface area contributed by atoms with Crippen LogP contribution in [0.5, 0.6) is 0 Å². The second kappa shape index (κ2) is 10.1. The summed E-state index contributed by atoms with van der Waals surface area (Å²) in [4.78, 5) is 38.4. The van der Waals surface area contributed by atoms with Crippen molar-refractivity contribution in [2.24, 2.45) is 0 Å². The number of carboxylic acid groups (broad SMARTS) is 1. The number of aliphatic hydroxyl groups excluding tert-OH is 1. The monoisotopic (exact) mass is 464 g/mol. The molecule has 8 heteroatoms. The average molecular weight is 465 g/mol. The number of β-amino-alcohol motifs (C(OH)–C–C–N with tert-alkyl or cyclic N) is 1. The predicted molar refractivity (Wildman–Crippen MR) is 125 cm³/mol. The van der Waals surface area contributed by atoms with Gasteiger partial charge in [0.2, 0.25) is 5.91 Å². The lowest BCUT2D eigenvalue weighted by Gasteiger charge is -2.27. The van der Waals surface area contributed by atoms with Crippen LogP contribution in [0.2, 0.25) is 0 Å². The molecule has 178 valence electrons. The Morgan fingerprint density at radius 1 is 1.12 bits per heavy atom. The molecule has 1 unspecified atom stereocenters. The standard InChI is InChI=1S/C26H28N2O6/c1-2-3-12-22(24(30)28-14-16(29)13-23(28)25(31)32)27-26(33)34-15-21-19-10-6-4-8-17(19)18-9-5-7-11-20(18)21/h2,4-11,16,21-23,29H,1,3,12-15H2,(H,27,33)(H,31,32)/t16-,22?,23-/m1/s1. The summed E-state index contributed by atoms with van der Waals surface area (Å²) in [5, 5.41) is 21.9. The minimum Gasteiger partial charge on any atom is -0.480 e. The van der Waals surface area contributed by atoms with Crippen LogP contribution in [-0.4, -0.2) is 64.4 Å². The minimum absolute atomic E-state index is 0.0415. The first-order valence-electron chi connectivity index (χ1n) is 11.3. The summed E-state index contributed by atoms with van der Waals surface area (Å²) in [5.41, 5.74) is 4.37. The Labute approximate surface area is 197 Å². The highest BCUT2D eigenvalue weighted by atomic mass is 16.5. The van der Waals surface area contributed by atoms with Gasteiger partial charge in [-0.3, -0.25) is 4.79 Å². The van der Waals surface area contributed by atoms with Crippen molar-refractivity contribution >= 4 is 18.0 Å². The van der Waals surface area contributed by atoms with Crippen molar-refractivity contribution in [1.82, 2.24) is 10.2 Å². The number of carboxylic acids is 1. The number of allylic oxidation sites excluding steroid dienone is 1. The third-order valence-corrected chi connectivity index (χ3v) is 6.44. The van der Waals surface area contributed by atoms with E-state index in [-0.39, 0.29) is 31.9 Å². The van der Waals surface area contributed by atoms with E-state index in [9.17, 15) is 24.6 Å². The number of hydrogen-bond acceptors (Lipinski definition) is 5. The number of nitrogens with zero attached hydrogens (tertiary/aromatic N) is 1. The fourth-order valence-electron chi connectivity index (χ4n) is 4.82. The quantitative estimate of drug-likeness (QED) is 0.518. The van der Waals surface area contributed by atoms with E-state index < -0.39 is 36.2 Å². The van der Waals surface area contributed by atoms with E-state index in [4.69, 9.17) is 4.74 Å². The molecule has 4 rings (SSSR count). The zero-order valence-corrected chi connectivity index (χ0v) is 18.7. The highest BCUT2D eigenvalue weighted by Gasteiger charge is 2.41. The molecule has 8 nitrogen and oxygen atoms in total. The van der Waals surface area contributed by atoms with Gasteiger partial charge >= 0.3 is 12.1 Å². The largest absolute Gasteiger partial charge is 0.480 e. The Morgan fingerprint density at radius 3 is 2.32 bits per heavy atom. The van der Waals surface area contributed by atoms with Crippen molar-refractivity contribution in [3.63, 3.8) is 0 Å². The van der Waals surface area contributed by atoms with Crippen molar-refractivity contribution in [2.45, 2.75) is 43.4 Å². The first kappa shape index (κ1) is 23.5. The van der Waals surface area contributed by atoms with Gasteiger partial charge in [0.15, 0.2) is 0 Å². The second-order valence-electron chi connectivity index (χ2n) is 8.62. The Bertz CT molecular complexity index is 1050. The van der Waals surface area contributed by atoms with Crippen LogP contribution >= 0.6 is 0 Å². The number of nitrogens with one attached hydrogen (secondary N) is 1. The van der Waals surface area contributed by atoms with Crippen LogP contribution in [-0.2, 0) is 14.3 Å². The molecule has 0 spiro atoms. The van der Waals surface area contributed by atoms with Gasteiger partial charge in [0.25, 0.3) is 0 Å². The number of ether oxygens (including phenoxy) is 1. The Morgan fingerprint density at radius 2 is 1.74 bits per heavy atom. The van der Waals surface area contributed by atoms with Crippen LogP contribution in [0.15, 0.2) is 61.2 Å². The van der Waals surface area contributed by atoms with Crippen molar-refractivity contribution in [2.75, 3.05) is 13.2 Å². The van der Waals surface area contributed by atoms with E-state index in [1.54, 1.807) is 6.08 Å². The smallest absolute Gasteiger partial charge is 0.407 e. The van der Waals surface area contributed by atoms with Crippen molar-refractivity contribution < 1.29 is 29.3 Å². The van der Waals surface area contributed by atoms with E-state index in [2.05, 4.69) is 11.9 Å². The molecular formula is C26H28N2O6. The summed E-state index contributed by atoms with van der Waals surface area (Å²) in [6.45, 7) is 3.66. The van der Waals surface area contributed by atoms with Gasteiger partial charge in [-0.05, 0) is 35.1 Å². The number of likely N-dealkylation sites (tertiary alicyclic amines) is 1. The Balaban J connectivity index is 1.44. The number of rotatable bonds is 8. The first-order chi connectivity index (χ1) is 16.4. The molecule has 0 bridgehead atoms. The molecule has 1 aliphatic carbocycles. The van der Waals surface area contributed by atoms with Gasteiger partial charge in [-0.2, -0.15) is 0 Å². The number of carbonyl (C=O) groups excluding carboxylic acids is 2. The van der Waals surface area contributed by atoms with Gasteiger partial charge in [-0.15, -0.1) is 6.58 Å². The number of amides is 2. The maximum absolute atomic E-state index is 13.1. The van der Waals surface area contributed by atoms with Crippen molar-refractivity contribution in [3.05, 3.63) is 72.3 Å². The van der Waals surface area contributed by atoms with Crippen LogP contribution in [0.3, 0.4) is 0 Å². The van der Waals surface area contributed by atoms with Gasteiger partial charge in [0.05, 0.1) is 6.10 Å². The fourth-order valence-corrected chi connectivity index (χ4v) is 4.82. The molecule has 2 aromatic rings. The van der Waals surface area contributed by atoms with E-state index in [1.165, 1.54) is 0 Å². The summed E-state index contributed by atoms with van der Waals surface area (Å²) in [6.07, 6.45) is 0.586. The van der Waals surface area contributed by atoms with Gasteiger partial charge in [-0.1, -0.05) is 54.6 Å². The number of carbonyl (C=O) groups is 3. The Kier molecular flexibility index (Phi) is 6.98. The number of aliphatic hydroxyl groups is 1. The minimum atomic E-state index is -1.19. The van der Waals surface area contributed by atoms with Gasteiger partial charge in [0, 0.05) is 18.9 Å². The molecule has 2 aromatic carbocycles. The highest BCUT2D eigenvalue weighted by Crippen LogP contribution is 2.44. The summed E-state index contributed by atoms with van der Waals surface area (Å²) in [5.74, 6) is -1.86. The lowest BCUT2D eigenvalue weighted by molar-refractivity contribution is -0.149. The highest BCUT2D eigenvalue weighted by molar-refractivity contribution is 5.90. The summed E-state index contributed by atoms with van der Waals surface area (Å²) in [6, 6.07) is 13.9. The zero-order chi connectivity index (χ0) is 24.2. The molecule has 2 aliphatic rings. The van der Waals surface area contributed by atoms with Crippen molar-refractivity contribution in [3.8, 4) is 11.1 Å². The van der Waals surface area contributed by atoms with Crippen LogP contribution in [0, 0.1) is 0 Å². The Hall–Kier alpha value is -3.65. The third kappa shape index (κ3) is 4.68. The van der Waals surface area contributed by atoms with E-state index in [0.717, 1.165) is 27.2 Å². The molecule has 0 saturated carbocycles. The molecule has 3 N–H and O–H groups in total. The molecular weight excluding hydrogens is 436 g/mol. The van der Waals surface area contributed by atoms with E-state index >= 15 is 0 Å². The van der Waals surface area contributed by atoms with Crippen LogP contribution in [0.4, 0.5) is 4.79 Å². The van der Waals surface area contributed by atoms with Crippen LogP contribution < -0.4 is 5.32 Å². The summed E-state index contributed by atoms with van der Waals surface area (Å²) >= 11 is 0. The molecule has 1 heterocycles. The maximum atomic E-state index is 13.1. The molecule has 1 aliphatic heterocycles. The molecule has 3 atom stereocenters.